The van der Waals surface area contributed by atoms with Gasteiger partial charge in [0.15, 0.2) is 0 Å². The van der Waals surface area contributed by atoms with Gasteiger partial charge in [-0.25, -0.2) is 8.42 Å². The Labute approximate surface area is 124 Å². The van der Waals surface area contributed by atoms with E-state index in [0.29, 0.717) is 10.6 Å². The maximum Gasteiger partial charge on any atom is 0.318 e. The lowest BCUT2D eigenvalue weighted by atomic mass is 10.1. The van der Waals surface area contributed by atoms with Crippen LogP contribution in [0.1, 0.15) is 26.3 Å². The van der Waals surface area contributed by atoms with E-state index in [-0.39, 0.29) is 4.90 Å². The van der Waals surface area contributed by atoms with Gasteiger partial charge in [-0.15, -0.1) is 0 Å². The molecule has 1 N–H and O–H groups in total. The first-order chi connectivity index (χ1) is 8.98. The number of carboxylic acid groups (broad SMARTS) is 1. The van der Waals surface area contributed by atoms with E-state index in [1.165, 1.54) is 12.1 Å². The smallest absolute Gasteiger partial charge is 0.318 e. The standard InChI is InChI=1S/C13H18ClNO4S/c1-9-10(14)6-5-7-11(9)20(18,19)15(8-12(16)17)13(2,3)4/h5-7H,8H2,1-4H3,(H,16,17). The molecule has 0 heterocycles. The summed E-state index contributed by atoms with van der Waals surface area (Å²) in [5.74, 6) is -1.21. The van der Waals surface area contributed by atoms with Crippen LogP contribution in [-0.4, -0.2) is 35.9 Å². The Bertz CT molecular complexity index is 620. The van der Waals surface area contributed by atoms with E-state index in [4.69, 9.17) is 16.7 Å². The second-order valence-electron chi connectivity index (χ2n) is 5.44. The fourth-order valence-electron chi connectivity index (χ4n) is 1.79. The molecule has 1 aromatic rings. The fourth-order valence-corrected chi connectivity index (χ4v) is 4.01. The van der Waals surface area contributed by atoms with Crippen molar-refractivity contribution in [3.63, 3.8) is 0 Å². The maximum atomic E-state index is 12.7. The third-order valence-corrected chi connectivity index (χ3v) is 5.48. The van der Waals surface area contributed by atoms with Gasteiger partial charge in [0.2, 0.25) is 10.0 Å². The van der Waals surface area contributed by atoms with Crippen molar-refractivity contribution in [2.24, 2.45) is 0 Å². The zero-order valence-electron chi connectivity index (χ0n) is 11.8. The topological polar surface area (TPSA) is 74.7 Å². The fraction of sp³-hybridized carbons (Fsp3) is 0.462. The van der Waals surface area contributed by atoms with Crippen LogP contribution in [0.15, 0.2) is 23.1 Å². The van der Waals surface area contributed by atoms with E-state index in [1.54, 1.807) is 33.8 Å². The molecule has 20 heavy (non-hydrogen) atoms. The van der Waals surface area contributed by atoms with Crippen LogP contribution in [0.5, 0.6) is 0 Å². The number of rotatable bonds is 4. The normalized spacial score (nSPS) is 12.7. The number of aliphatic carboxylic acids is 1. The summed E-state index contributed by atoms with van der Waals surface area (Å²) in [6.07, 6.45) is 0. The van der Waals surface area contributed by atoms with Crippen molar-refractivity contribution in [2.75, 3.05) is 6.54 Å². The summed E-state index contributed by atoms with van der Waals surface area (Å²) in [4.78, 5) is 11.0. The van der Waals surface area contributed by atoms with E-state index >= 15 is 0 Å². The second-order valence-corrected chi connectivity index (χ2v) is 7.68. The van der Waals surface area contributed by atoms with Crippen molar-refractivity contribution in [1.29, 1.82) is 0 Å². The Kier molecular flexibility index (Phi) is 4.84. The Morgan fingerprint density at radius 1 is 1.35 bits per heavy atom. The lowest BCUT2D eigenvalue weighted by Crippen LogP contribution is -2.48. The SMILES string of the molecule is Cc1c(Cl)cccc1S(=O)(=O)N(CC(=O)O)C(C)(C)C. The third kappa shape index (κ3) is 3.50. The minimum atomic E-state index is -3.94. The van der Waals surface area contributed by atoms with Crippen LogP contribution in [0.3, 0.4) is 0 Å². The zero-order chi connectivity index (χ0) is 15.7. The first-order valence-electron chi connectivity index (χ1n) is 5.97. The maximum absolute atomic E-state index is 12.7. The predicted octanol–water partition coefficient (Wildman–Crippen LogP) is 2.52. The van der Waals surface area contributed by atoms with Gasteiger partial charge >= 0.3 is 5.97 Å². The molecule has 1 rings (SSSR count). The molecule has 0 saturated carbocycles. The molecule has 0 atom stereocenters. The first kappa shape index (κ1) is 16.9. The van der Waals surface area contributed by atoms with Crippen molar-refractivity contribution < 1.29 is 18.3 Å². The van der Waals surface area contributed by atoms with Gasteiger partial charge in [0.05, 0.1) is 4.90 Å². The number of carboxylic acids is 1. The molecule has 0 unspecified atom stereocenters. The molecule has 0 fully saturated rings. The Balaban J connectivity index is 3.45. The van der Waals surface area contributed by atoms with E-state index in [9.17, 15) is 13.2 Å². The van der Waals surface area contributed by atoms with Crippen molar-refractivity contribution in [1.82, 2.24) is 4.31 Å². The molecule has 0 amide bonds. The molecule has 0 aromatic heterocycles. The van der Waals surface area contributed by atoms with Gasteiger partial charge in [-0.05, 0) is 45.4 Å². The van der Waals surface area contributed by atoms with Crippen LogP contribution in [0.4, 0.5) is 0 Å². The lowest BCUT2D eigenvalue weighted by Gasteiger charge is -2.33. The number of nitrogens with zero attached hydrogens (tertiary/aromatic N) is 1. The summed E-state index contributed by atoms with van der Waals surface area (Å²) in [6.45, 7) is 5.93. The minimum Gasteiger partial charge on any atom is -0.480 e. The van der Waals surface area contributed by atoms with E-state index in [1.807, 2.05) is 0 Å². The lowest BCUT2D eigenvalue weighted by molar-refractivity contribution is -0.138. The quantitative estimate of drug-likeness (QED) is 0.925. The van der Waals surface area contributed by atoms with Gasteiger partial charge in [0, 0.05) is 10.6 Å². The first-order valence-corrected chi connectivity index (χ1v) is 7.79. The second kappa shape index (κ2) is 5.71. The number of halogens is 1. The Hall–Kier alpha value is -1.11. The van der Waals surface area contributed by atoms with Crippen molar-refractivity contribution in [3.8, 4) is 0 Å². The van der Waals surface area contributed by atoms with E-state index < -0.39 is 28.1 Å². The molecule has 5 nitrogen and oxygen atoms in total. The molecule has 1 aromatic carbocycles. The zero-order valence-corrected chi connectivity index (χ0v) is 13.4. The summed E-state index contributed by atoms with van der Waals surface area (Å²) in [5, 5.41) is 9.28. The van der Waals surface area contributed by atoms with Gasteiger partial charge < -0.3 is 5.11 Å². The number of benzene rings is 1. The monoisotopic (exact) mass is 319 g/mol. The van der Waals surface area contributed by atoms with Gasteiger partial charge in [0.25, 0.3) is 0 Å². The van der Waals surface area contributed by atoms with Crippen LogP contribution in [0.25, 0.3) is 0 Å². The molecule has 0 aliphatic heterocycles. The highest BCUT2D eigenvalue weighted by atomic mass is 35.5. The summed E-state index contributed by atoms with van der Waals surface area (Å²) in [7, 11) is -3.94. The summed E-state index contributed by atoms with van der Waals surface area (Å²) >= 11 is 5.95. The van der Waals surface area contributed by atoms with Crippen molar-refractivity contribution in [2.45, 2.75) is 38.1 Å². The van der Waals surface area contributed by atoms with Gasteiger partial charge in [-0.3, -0.25) is 4.79 Å². The number of hydrogen-bond acceptors (Lipinski definition) is 3. The third-order valence-electron chi connectivity index (χ3n) is 2.81. The highest BCUT2D eigenvalue weighted by Crippen LogP contribution is 2.29. The highest BCUT2D eigenvalue weighted by Gasteiger charge is 2.36. The van der Waals surface area contributed by atoms with E-state index in [2.05, 4.69) is 0 Å². The van der Waals surface area contributed by atoms with Crippen LogP contribution in [0, 0.1) is 6.92 Å². The minimum absolute atomic E-state index is 0.0289. The number of carbonyl (C=O) groups is 1. The number of hydrogen-bond donors (Lipinski definition) is 1. The largest absolute Gasteiger partial charge is 0.480 e. The molecule has 0 saturated heterocycles. The molecule has 112 valence electrons. The van der Waals surface area contributed by atoms with Crippen LogP contribution in [0.2, 0.25) is 5.02 Å². The molecule has 0 spiro atoms. The highest BCUT2D eigenvalue weighted by molar-refractivity contribution is 7.89. The van der Waals surface area contributed by atoms with Gasteiger partial charge in [-0.2, -0.15) is 4.31 Å². The molecule has 7 heteroatoms. The molecule has 0 radical (unpaired) electrons. The van der Waals surface area contributed by atoms with E-state index in [0.717, 1.165) is 4.31 Å². The van der Waals surface area contributed by atoms with Crippen molar-refractivity contribution >= 4 is 27.6 Å². The summed E-state index contributed by atoms with van der Waals surface area (Å²) in [5.41, 5.74) is -0.444. The average molecular weight is 320 g/mol. The molecule has 0 bridgehead atoms. The predicted molar refractivity (Wildman–Crippen MR) is 77.5 cm³/mol. The molecule has 0 aliphatic rings. The van der Waals surface area contributed by atoms with Crippen LogP contribution < -0.4 is 0 Å². The molecule has 0 aliphatic carbocycles. The van der Waals surface area contributed by atoms with Crippen LogP contribution in [-0.2, 0) is 14.8 Å². The number of sulfonamides is 1. The molecular weight excluding hydrogens is 302 g/mol. The van der Waals surface area contributed by atoms with Gasteiger partial charge in [-0.1, -0.05) is 17.7 Å². The summed E-state index contributed by atoms with van der Waals surface area (Å²) < 4.78 is 26.3. The average Bonchev–Trinajstić information content (AvgIpc) is 2.27. The molecular formula is C13H18ClNO4S. The van der Waals surface area contributed by atoms with Crippen molar-refractivity contribution in [3.05, 3.63) is 28.8 Å². The summed E-state index contributed by atoms with van der Waals surface area (Å²) in [6, 6.07) is 4.55. The van der Waals surface area contributed by atoms with Gasteiger partial charge in [0.1, 0.15) is 6.54 Å². The Morgan fingerprint density at radius 2 is 1.90 bits per heavy atom. The Morgan fingerprint density at radius 3 is 2.35 bits per heavy atom. The van der Waals surface area contributed by atoms with Crippen LogP contribution >= 0.6 is 11.6 Å².